The fourth-order valence-electron chi connectivity index (χ4n) is 2.88. The van der Waals surface area contributed by atoms with Crippen LogP contribution in [0.2, 0.25) is 0 Å². The molecule has 0 aliphatic carbocycles. The number of amides is 1. The van der Waals surface area contributed by atoms with Crippen LogP contribution in [0.1, 0.15) is 26.0 Å². The number of carbonyl (C=O) groups is 1. The number of nitrogens with one attached hydrogen (secondary N) is 1. The lowest BCUT2D eigenvalue weighted by molar-refractivity contribution is -0.122. The second-order valence-corrected chi connectivity index (χ2v) is 6.85. The van der Waals surface area contributed by atoms with Crippen molar-refractivity contribution in [3.63, 3.8) is 0 Å². The maximum atomic E-state index is 12.1. The van der Waals surface area contributed by atoms with Crippen LogP contribution in [-0.2, 0) is 17.9 Å². The smallest absolute Gasteiger partial charge is 0.234 e. The third kappa shape index (κ3) is 4.81. The lowest BCUT2D eigenvalue weighted by Crippen LogP contribution is -2.38. The minimum atomic E-state index is 0.0942. The topological polar surface area (TPSA) is 53.4 Å². The van der Waals surface area contributed by atoms with Crippen molar-refractivity contribution in [2.45, 2.75) is 39.4 Å². The first kappa shape index (κ1) is 17.0. The third-order valence-electron chi connectivity index (χ3n) is 4.17. The first-order chi connectivity index (χ1) is 10.5. The van der Waals surface area contributed by atoms with E-state index in [4.69, 9.17) is 0 Å². The molecule has 1 atom stereocenters. The zero-order chi connectivity index (χ0) is 16.1. The van der Waals surface area contributed by atoms with Gasteiger partial charge in [0.15, 0.2) is 0 Å². The largest absolute Gasteiger partial charge is 0.349 e. The van der Waals surface area contributed by atoms with E-state index in [0.29, 0.717) is 25.0 Å². The SMILES string of the molecule is CC(C)Cn1cncc1CNC(=O)CN1CC[C@H](N(C)C)C1. The molecule has 6 heteroatoms. The van der Waals surface area contributed by atoms with Crippen LogP contribution < -0.4 is 5.32 Å². The summed E-state index contributed by atoms with van der Waals surface area (Å²) in [4.78, 5) is 20.8. The molecule has 1 aliphatic heterocycles. The summed E-state index contributed by atoms with van der Waals surface area (Å²) < 4.78 is 2.11. The standard InChI is InChI=1S/C16H29N5O/c1-13(2)9-21-12-17-7-15(21)8-18-16(22)11-20-6-5-14(10-20)19(3)4/h7,12-14H,5-6,8-11H2,1-4H3,(H,18,22)/t14-/m0/s1. The molecular formula is C16H29N5O. The summed E-state index contributed by atoms with van der Waals surface area (Å²) >= 11 is 0. The molecule has 1 N–H and O–H groups in total. The van der Waals surface area contributed by atoms with Crippen molar-refractivity contribution in [1.82, 2.24) is 24.7 Å². The van der Waals surface area contributed by atoms with E-state index in [1.165, 1.54) is 0 Å². The Morgan fingerprint density at radius 2 is 2.27 bits per heavy atom. The van der Waals surface area contributed by atoms with E-state index in [9.17, 15) is 4.79 Å². The highest BCUT2D eigenvalue weighted by Crippen LogP contribution is 2.12. The van der Waals surface area contributed by atoms with Crippen LogP contribution in [-0.4, -0.2) is 65.0 Å². The predicted octanol–water partition coefficient (Wildman–Crippen LogP) is 0.791. The van der Waals surface area contributed by atoms with Crippen molar-refractivity contribution in [2.75, 3.05) is 33.7 Å². The minimum Gasteiger partial charge on any atom is -0.349 e. The van der Waals surface area contributed by atoms with Crippen molar-refractivity contribution in [3.8, 4) is 0 Å². The summed E-state index contributed by atoms with van der Waals surface area (Å²) in [5.74, 6) is 0.660. The summed E-state index contributed by atoms with van der Waals surface area (Å²) in [6.45, 7) is 8.31. The Morgan fingerprint density at radius 1 is 1.50 bits per heavy atom. The highest BCUT2D eigenvalue weighted by molar-refractivity contribution is 5.78. The Kier molecular flexibility index (Phi) is 5.97. The Bertz CT molecular complexity index is 483. The second kappa shape index (κ2) is 7.74. The Balaban J connectivity index is 1.75. The molecule has 6 nitrogen and oxygen atoms in total. The average Bonchev–Trinajstić information content (AvgIpc) is 3.05. The molecule has 1 fully saturated rings. The number of likely N-dealkylation sites (tertiary alicyclic amines) is 1. The van der Waals surface area contributed by atoms with E-state index < -0.39 is 0 Å². The monoisotopic (exact) mass is 307 g/mol. The number of hydrogen-bond donors (Lipinski definition) is 1. The van der Waals surface area contributed by atoms with E-state index in [-0.39, 0.29) is 5.91 Å². The molecule has 2 heterocycles. The minimum absolute atomic E-state index is 0.0942. The van der Waals surface area contributed by atoms with E-state index in [1.807, 2.05) is 12.5 Å². The Labute approximate surface area is 133 Å². The fraction of sp³-hybridized carbons (Fsp3) is 0.750. The van der Waals surface area contributed by atoms with Crippen LogP contribution in [0.25, 0.3) is 0 Å². The van der Waals surface area contributed by atoms with Gasteiger partial charge in [0, 0.05) is 31.9 Å². The van der Waals surface area contributed by atoms with Crippen molar-refractivity contribution < 1.29 is 4.79 Å². The zero-order valence-corrected chi connectivity index (χ0v) is 14.2. The van der Waals surface area contributed by atoms with Crippen molar-refractivity contribution >= 4 is 5.91 Å². The van der Waals surface area contributed by atoms with Gasteiger partial charge in [0.1, 0.15) is 0 Å². The first-order valence-electron chi connectivity index (χ1n) is 8.10. The van der Waals surface area contributed by atoms with Gasteiger partial charge in [0.2, 0.25) is 5.91 Å². The van der Waals surface area contributed by atoms with Gasteiger partial charge in [-0.2, -0.15) is 0 Å². The maximum Gasteiger partial charge on any atom is 0.234 e. The van der Waals surface area contributed by atoms with Crippen LogP contribution in [0, 0.1) is 5.92 Å². The summed E-state index contributed by atoms with van der Waals surface area (Å²) in [7, 11) is 4.20. The average molecular weight is 307 g/mol. The van der Waals surface area contributed by atoms with Crippen LogP contribution in [0.15, 0.2) is 12.5 Å². The zero-order valence-electron chi connectivity index (χ0n) is 14.2. The molecule has 0 bridgehead atoms. The maximum absolute atomic E-state index is 12.1. The molecule has 1 aromatic heterocycles. The fourth-order valence-corrected chi connectivity index (χ4v) is 2.88. The molecule has 0 spiro atoms. The highest BCUT2D eigenvalue weighted by atomic mass is 16.2. The molecular weight excluding hydrogens is 278 g/mol. The van der Waals surface area contributed by atoms with Crippen LogP contribution in [0.3, 0.4) is 0 Å². The molecule has 1 saturated heterocycles. The molecule has 1 amide bonds. The van der Waals surface area contributed by atoms with Crippen molar-refractivity contribution in [3.05, 3.63) is 18.2 Å². The van der Waals surface area contributed by atoms with Gasteiger partial charge in [0.05, 0.1) is 25.1 Å². The van der Waals surface area contributed by atoms with Gasteiger partial charge < -0.3 is 14.8 Å². The van der Waals surface area contributed by atoms with Gasteiger partial charge in [-0.25, -0.2) is 4.98 Å². The van der Waals surface area contributed by atoms with Crippen molar-refractivity contribution in [2.24, 2.45) is 5.92 Å². The van der Waals surface area contributed by atoms with Gasteiger partial charge in [-0.1, -0.05) is 13.8 Å². The number of rotatable bonds is 7. The summed E-state index contributed by atoms with van der Waals surface area (Å²) in [6, 6.07) is 0.570. The number of hydrogen-bond acceptors (Lipinski definition) is 4. The molecule has 22 heavy (non-hydrogen) atoms. The number of nitrogens with zero attached hydrogens (tertiary/aromatic N) is 4. The summed E-state index contributed by atoms with van der Waals surface area (Å²) in [5.41, 5.74) is 1.06. The highest BCUT2D eigenvalue weighted by Gasteiger charge is 2.25. The molecule has 0 saturated carbocycles. The quantitative estimate of drug-likeness (QED) is 0.809. The molecule has 0 radical (unpaired) electrons. The van der Waals surface area contributed by atoms with Gasteiger partial charge in [-0.05, 0) is 26.4 Å². The molecule has 0 aromatic carbocycles. The molecule has 1 aromatic rings. The van der Waals surface area contributed by atoms with Crippen LogP contribution in [0.4, 0.5) is 0 Å². The molecule has 0 unspecified atom stereocenters. The van der Waals surface area contributed by atoms with Gasteiger partial charge >= 0.3 is 0 Å². The molecule has 124 valence electrons. The summed E-state index contributed by atoms with van der Waals surface area (Å²) in [5, 5.41) is 3.01. The third-order valence-corrected chi connectivity index (χ3v) is 4.17. The van der Waals surface area contributed by atoms with Crippen molar-refractivity contribution in [1.29, 1.82) is 0 Å². The van der Waals surface area contributed by atoms with E-state index >= 15 is 0 Å². The Hall–Kier alpha value is -1.40. The molecule has 1 aliphatic rings. The van der Waals surface area contributed by atoms with Gasteiger partial charge in [-0.15, -0.1) is 0 Å². The normalized spacial score (nSPS) is 19.3. The lowest BCUT2D eigenvalue weighted by atomic mass is 10.2. The number of imidazole rings is 1. The van der Waals surface area contributed by atoms with Crippen LogP contribution in [0.5, 0.6) is 0 Å². The number of aromatic nitrogens is 2. The van der Waals surface area contributed by atoms with E-state index in [1.54, 1.807) is 0 Å². The van der Waals surface area contributed by atoms with E-state index in [2.05, 4.69) is 52.6 Å². The predicted molar refractivity (Wildman–Crippen MR) is 87.4 cm³/mol. The summed E-state index contributed by atoms with van der Waals surface area (Å²) in [6.07, 6.45) is 4.81. The number of carbonyl (C=O) groups excluding carboxylic acids is 1. The molecule has 2 rings (SSSR count). The lowest BCUT2D eigenvalue weighted by Gasteiger charge is -2.20. The van der Waals surface area contributed by atoms with E-state index in [0.717, 1.165) is 31.7 Å². The first-order valence-corrected chi connectivity index (χ1v) is 8.10. The van der Waals surface area contributed by atoms with Gasteiger partial charge in [-0.3, -0.25) is 9.69 Å². The van der Waals surface area contributed by atoms with Crippen LogP contribution >= 0.6 is 0 Å². The second-order valence-electron chi connectivity index (χ2n) is 6.85. The Morgan fingerprint density at radius 3 is 2.91 bits per heavy atom. The van der Waals surface area contributed by atoms with Gasteiger partial charge in [0.25, 0.3) is 0 Å². The number of likely N-dealkylation sites (N-methyl/N-ethyl adjacent to an activating group) is 1.